The van der Waals surface area contributed by atoms with Crippen LogP contribution in [0, 0.1) is 18.3 Å². The highest BCUT2D eigenvalue weighted by Gasteiger charge is 2.22. The SMILES string of the molecule is Cc1c(CCc2cc(CCc3cccc(C#N)c3)c(CN(C)C)c3c2CCC3)cccc1-c1ccccc1. The van der Waals surface area contributed by atoms with Crippen LogP contribution < -0.4 is 0 Å². The number of nitrogens with zero attached hydrogens (tertiary/aromatic N) is 2. The number of fused-ring (bicyclic) bond motifs is 1. The van der Waals surface area contributed by atoms with Crippen LogP contribution in [0.1, 0.15) is 56.5 Å². The maximum atomic E-state index is 9.33. The molecule has 0 heterocycles. The van der Waals surface area contributed by atoms with Crippen molar-refractivity contribution in [2.24, 2.45) is 0 Å². The van der Waals surface area contributed by atoms with Crippen molar-refractivity contribution in [1.82, 2.24) is 4.90 Å². The molecule has 0 fully saturated rings. The van der Waals surface area contributed by atoms with Crippen LogP contribution in [-0.2, 0) is 45.1 Å². The van der Waals surface area contributed by atoms with E-state index in [4.69, 9.17) is 0 Å². The summed E-state index contributed by atoms with van der Waals surface area (Å²) in [6.45, 7) is 3.28. The Bertz CT molecular complexity index is 1460. The maximum absolute atomic E-state index is 9.33. The molecule has 0 N–H and O–H groups in total. The molecule has 0 bridgehead atoms. The second-order valence-corrected chi connectivity index (χ2v) is 11.0. The van der Waals surface area contributed by atoms with E-state index in [0.29, 0.717) is 0 Å². The van der Waals surface area contributed by atoms with Gasteiger partial charge in [0.1, 0.15) is 0 Å². The second-order valence-electron chi connectivity index (χ2n) is 11.0. The van der Waals surface area contributed by atoms with Gasteiger partial charge in [0.15, 0.2) is 0 Å². The number of hydrogen-bond donors (Lipinski definition) is 0. The zero-order chi connectivity index (χ0) is 26.5. The van der Waals surface area contributed by atoms with Crippen molar-refractivity contribution in [3.05, 3.63) is 129 Å². The minimum Gasteiger partial charge on any atom is -0.305 e. The summed E-state index contributed by atoms with van der Waals surface area (Å²) in [7, 11) is 4.36. The molecule has 0 aromatic heterocycles. The van der Waals surface area contributed by atoms with Crippen molar-refractivity contribution in [2.45, 2.75) is 58.4 Å². The number of benzene rings is 4. The summed E-state index contributed by atoms with van der Waals surface area (Å²) in [6.07, 6.45) is 7.80. The fraction of sp³-hybridized carbons (Fsp3) is 0.306. The molecule has 192 valence electrons. The van der Waals surface area contributed by atoms with Crippen LogP contribution in [0.15, 0.2) is 78.9 Å². The van der Waals surface area contributed by atoms with Gasteiger partial charge in [-0.15, -0.1) is 0 Å². The Balaban J connectivity index is 1.44. The molecule has 0 aliphatic heterocycles. The van der Waals surface area contributed by atoms with E-state index in [0.717, 1.165) is 37.8 Å². The summed E-state index contributed by atoms with van der Waals surface area (Å²) in [6, 6.07) is 30.5. The van der Waals surface area contributed by atoms with Gasteiger partial charge in [0.05, 0.1) is 11.6 Å². The summed E-state index contributed by atoms with van der Waals surface area (Å²) in [5.41, 5.74) is 15.3. The molecule has 5 rings (SSSR count). The van der Waals surface area contributed by atoms with Gasteiger partial charge in [-0.25, -0.2) is 0 Å². The third-order valence-electron chi connectivity index (χ3n) is 8.11. The largest absolute Gasteiger partial charge is 0.305 e. The first kappa shape index (κ1) is 26.0. The highest BCUT2D eigenvalue weighted by Crippen LogP contribution is 2.34. The Labute approximate surface area is 228 Å². The Morgan fingerprint density at radius 2 is 1.47 bits per heavy atom. The standard InChI is InChI=1S/C36H38N2/c1-26-29(14-8-15-33(26)30-12-5-4-6-13-30)20-21-31-23-32(19-18-27-10-7-11-28(22-27)24-37)36(25-38(2)3)35-17-9-16-34(31)35/h4-8,10-15,22-23H,9,16-21,25H2,1-3H3. The van der Waals surface area contributed by atoms with Crippen molar-refractivity contribution in [3.63, 3.8) is 0 Å². The molecule has 0 radical (unpaired) electrons. The molecule has 0 saturated heterocycles. The van der Waals surface area contributed by atoms with Crippen molar-refractivity contribution in [3.8, 4) is 17.2 Å². The van der Waals surface area contributed by atoms with E-state index in [1.807, 2.05) is 18.2 Å². The Morgan fingerprint density at radius 1 is 0.737 bits per heavy atom. The van der Waals surface area contributed by atoms with E-state index in [2.05, 4.69) is 92.7 Å². The minimum atomic E-state index is 0.749. The molecule has 2 heteroatoms. The molecule has 1 aliphatic carbocycles. The minimum absolute atomic E-state index is 0.749. The van der Waals surface area contributed by atoms with E-state index < -0.39 is 0 Å². The van der Waals surface area contributed by atoms with Gasteiger partial charge in [-0.3, -0.25) is 0 Å². The van der Waals surface area contributed by atoms with E-state index in [-0.39, 0.29) is 0 Å². The fourth-order valence-electron chi connectivity index (χ4n) is 6.20. The zero-order valence-corrected chi connectivity index (χ0v) is 23.1. The first-order valence-electron chi connectivity index (χ1n) is 14.0. The molecule has 4 aromatic rings. The molecule has 38 heavy (non-hydrogen) atoms. The quantitative estimate of drug-likeness (QED) is 0.237. The van der Waals surface area contributed by atoms with Crippen LogP contribution in [0.4, 0.5) is 0 Å². The average molecular weight is 499 g/mol. The summed E-state index contributed by atoms with van der Waals surface area (Å²) >= 11 is 0. The van der Waals surface area contributed by atoms with Crippen molar-refractivity contribution in [1.29, 1.82) is 5.26 Å². The Kier molecular flexibility index (Phi) is 8.06. The molecule has 1 aliphatic rings. The topological polar surface area (TPSA) is 27.0 Å². The number of aryl methyl sites for hydroxylation is 4. The van der Waals surface area contributed by atoms with Gasteiger partial charge < -0.3 is 4.90 Å². The number of hydrogen-bond acceptors (Lipinski definition) is 2. The molecule has 4 aromatic carbocycles. The predicted octanol–water partition coefficient (Wildman–Crippen LogP) is 7.65. The summed E-state index contributed by atoms with van der Waals surface area (Å²) in [5, 5.41) is 9.33. The lowest BCUT2D eigenvalue weighted by Gasteiger charge is -2.22. The highest BCUT2D eigenvalue weighted by molar-refractivity contribution is 5.68. The molecule has 0 atom stereocenters. The van der Waals surface area contributed by atoms with Gasteiger partial charge in [-0.2, -0.15) is 5.26 Å². The van der Waals surface area contributed by atoms with E-state index >= 15 is 0 Å². The lowest BCUT2D eigenvalue weighted by atomic mass is 9.87. The van der Waals surface area contributed by atoms with Crippen molar-refractivity contribution < 1.29 is 0 Å². The van der Waals surface area contributed by atoms with Crippen LogP contribution in [0.3, 0.4) is 0 Å². The normalized spacial score (nSPS) is 12.5. The van der Waals surface area contributed by atoms with Crippen LogP contribution in [-0.4, -0.2) is 19.0 Å². The van der Waals surface area contributed by atoms with E-state index in [9.17, 15) is 5.26 Å². The smallest absolute Gasteiger partial charge is 0.0991 e. The Morgan fingerprint density at radius 3 is 2.26 bits per heavy atom. The van der Waals surface area contributed by atoms with Gasteiger partial charge in [-0.05, 0) is 134 Å². The molecular weight excluding hydrogens is 460 g/mol. The molecule has 0 amide bonds. The first-order valence-corrected chi connectivity index (χ1v) is 14.0. The first-order chi connectivity index (χ1) is 18.5. The van der Waals surface area contributed by atoms with Gasteiger partial charge >= 0.3 is 0 Å². The number of rotatable bonds is 9. The van der Waals surface area contributed by atoms with Gasteiger partial charge in [0.2, 0.25) is 0 Å². The molecule has 0 spiro atoms. The van der Waals surface area contributed by atoms with Gasteiger partial charge in [0, 0.05) is 6.54 Å². The van der Waals surface area contributed by atoms with Crippen LogP contribution in [0.25, 0.3) is 11.1 Å². The van der Waals surface area contributed by atoms with Gasteiger partial charge in [0.25, 0.3) is 0 Å². The average Bonchev–Trinajstić information content (AvgIpc) is 3.43. The molecular formula is C36H38N2. The summed E-state index contributed by atoms with van der Waals surface area (Å²) in [4.78, 5) is 2.31. The zero-order valence-electron chi connectivity index (χ0n) is 23.1. The lowest BCUT2D eigenvalue weighted by Crippen LogP contribution is -2.16. The van der Waals surface area contributed by atoms with Gasteiger partial charge in [-0.1, -0.05) is 66.7 Å². The van der Waals surface area contributed by atoms with Crippen molar-refractivity contribution >= 4 is 0 Å². The third kappa shape index (κ3) is 5.74. The monoisotopic (exact) mass is 498 g/mol. The Hall–Kier alpha value is -3.67. The maximum Gasteiger partial charge on any atom is 0.0991 e. The molecule has 0 unspecified atom stereocenters. The van der Waals surface area contributed by atoms with Crippen LogP contribution in [0.5, 0.6) is 0 Å². The van der Waals surface area contributed by atoms with Crippen molar-refractivity contribution in [2.75, 3.05) is 14.1 Å². The lowest BCUT2D eigenvalue weighted by molar-refractivity contribution is 0.399. The highest BCUT2D eigenvalue weighted by atomic mass is 15.0. The molecule has 0 saturated carbocycles. The third-order valence-corrected chi connectivity index (χ3v) is 8.11. The second kappa shape index (κ2) is 11.8. The number of nitriles is 1. The predicted molar refractivity (Wildman–Crippen MR) is 158 cm³/mol. The van der Waals surface area contributed by atoms with Crippen LogP contribution in [0.2, 0.25) is 0 Å². The fourth-order valence-corrected chi connectivity index (χ4v) is 6.20. The van der Waals surface area contributed by atoms with Crippen LogP contribution >= 0.6 is 0 Å². The molecule has 2 nitrogen and oxygen atoms in total. The van der Waals surface area contributed by atoms with E-state index in [1.54, 1.807) is 22.3 Å². The van der Waals surface area contributed by atoms with E-state index in [1.165, 1.54) is 52.6 Å². The summed E-state index contributed by atoms with van der Waals surface area (Å²) in [5.74, 6) is 0. The summed E-state index contributed by atoms with van der Waals surface area (Å²) < 4.78 is 0.